The molecule has 1 aliphatic heterocycles. The fraction of sp³-hybridized carbons (Fsp3) is 0.176. The van der Waals surface area contributed by atoms with E-state index < -0.39 is 6.04 Å². The summed E-state index contributed by atoms with van der Waals surface area (Å²) in [6.45, 7) is 3.70. The molecule has 0 amide bonds. The Morgan fingerprint density at radius 3 is 2.39 bits per heavy atom. The molecule has 0 radical (unpaired) electrons. The molecule has 118 valence electrons. The fourth-order valence-electron chi connectivity index (χ4n) is 2.66. The molecule has 1 heterocycles. The Balaban J connectivity index is 2.16. The Kier molecular flexibility index (Phi) is 4.07. The number of aryl methyl sites for hydroxylation is 2. The third kappa shape index (κ3) is 2.81. The summed E-state index contributed by atoms with van der Waals surface area (Å²) in [5.74, 6) is 0.144. The van der Waals surface area contributed by atoms with Gasteiger partial charge >= 0.3 is 0 Å². The minimum Gasteiger partial charge on any atom is -0.507 e. The van der Waals surface area contributed by atoms with E-state index in [1.807, 2.05) is 38.1 Å². The number of rotatable bonds is 2. The van der Waals surface area contributed by atoms with Gasteiger partial charge in [-0.1, -0.05) is 35.9 Å². The van der Waals surface area contributed by atoms with Crippen LogP contribution in [-0.2, 0) is 0 Å². The van der Waals surface area contributed by atoms with Crippen molar-refractivity contribution >= 4 is 23.7 Å². The van der Waals surface area contributed by atoms with Crippen molar-refractivity contribution in [2.24, 2.45) is 10.2 Å². The lowest BCUT2D eigenvalue weighted by Crippen LogP contribution is -2.34. The van der Waals surface area contributed by atoms with Crippen LogP contribution in [0, 0.1) is 13.8 Å². The van der Waals surface area contributed by atoms with E-state index in [4.69, 9.17) is 11.6 Å². The molecule has 0 saturated carbocycles. The van der Waals surface area contributed by atoms with Crippen LogP contribution in [0.1, 0.15) is 28.3 Å². The van der Waals surface area contributed by atoms with E-state index in [0.29, 0.717) is 16.3 Å². The predicted octanol–water partition coefficient (Wildman–Crippen LogP) is 3.84. The van der Waals surface area contributed by atoms with Gasteiger partial charge in [0.1, 0.15) is 23.8 Å². The standard InChI is InChI=1S/C17H16ClN3O2/c1-10-3-4-11(2)17(22)14(10)16-15(20-19-9-21(16)23)12-5-7-13(18)8-6-12/h3-9,16,22-23H,1-2H3. The monoisotopic (exact) mass is 329 g/mol. The molecule has 0 spiro atoms. The Morgan fingerprint density at radius 1 is 1.04 bits per heavy atom. The number of aromatic hydroxyl groups is 1. The summed E-state index contributed by atoms with van der Waals surface area (Å²) in [6, 6.07) is 10.2. The number of phenolic OH excluding ortho intramolecular Hbond substituents is 1. The van der Waals surface area contributed by atoms with Crippen LogP contribution < -0.4 is 0 Å². The largest absolute Gasteiger partial charge is 0.507 e. The predicted molar refractivity (Wildman–Crippen MR) is 90.4 cm³/mol. The number of phenols is 1. The molecule has 1 aliphatic rings. The van der Waals surface area contributed by atoms with Crippen molar-refractivity contribution in [1.82, 2.24) is 5.06 Å². The Labute approximate surface area is 139 Å². The lowest BCUT2D eigenvalue weighted by atomic mass is 9.91. The maximum absolute atomic E-state index is 10.5. The second-order valence-electron chi connectivity index (χ2n) is 5.47. The number of hydrogen-bond donors (Lipinski definition) is 2. The lowest BCUT2D eigenvalue weighted by molar-refractivity contribution is -0.0297. The van der Waals surface area contributed by atoms with Gasteiger partial charge in [0, 0.05) is 16.1 Å². The third-order valence-corrected chi connectivity index (χ3v) is 4.16. The van der Waals surface area contributed by atoms with Gasteiger partial charge in [-0.3, -0.25) is 5.21 Å². The van der Waals surface area contributed by atoms with E-state index in [2.05, 4.69) is 10.2 Å². The smallest absolute Gasteiger partial charge is 0.139 e. The highest BCUT2D eigenvalue weighted by atomic mass is 35.5. The summed E-state index contributed by atoms with van der Waals surface area (Å²) < 4.78 is 0. The zero-order valence-corrected chi connectivity index (χ0v) is 13.5. The van der Waals surface area contributed by atoms with E-state index in [1.54, 1.807) is 12.1 Å². The molecule has 5 nitrogen and oxygen atoms in total. The number of hydrogen-bond acceptors (Lipinski definition) is 5. The first-order chi connectivity index (χ1) is 11.0. The normalized spacial score (nSPS) is 17.3. The molecule has 0 aromatic heterocycles. The van der Waals surface area contributed by atoms with Gasteiger partial charge in [-0.05, 0) is 37.1 Å². The minimum absolute atomic E-state index is 0.144. The van der Waals surface area contributed by atoms with Crippen LogP contribution in [0.5, 0.6) is 5.75 Å². The first kappa shape index (κ1) is 15.5. The highest BCUT2D eigenvalue weighted by Gasteiger charge is 2.31. The number of halogens is 1. The topological polar surface area (TPSA) is 68.4 Å². The van der Waals surface area contributed by atoms with Gasteiger partial charge in [0.2, 0.25) is 0 Å². The van der Waals surface area contributed by atoms with Crippen molar-refractivity contribution in [1.29, 1.82) is 0 Å². The van der Waals surface area contributed by atoms with E-state index in [0.717, 1.165) is 21.8 Å². The number of nitrogens with zero attached hydrogens (tertiary/aromatic N) is 3. The Hall–Kier alpha value is -2.37. The first-order valence-electron chi connectivity index (χ1n) is 7.12. The summed E-state index contributed by atoms with van der Waals surface area (Å²) in [6.07, 6.45) is 1.23. The van der Waals surface area contributed by atoms with E-state index in [1.165, 1.54) is 6.34 Å². The van der Waals surface area contributed by atoms with Crippen LogP contribution in [0.4, 0.5) is 0 Å². The van der Waals surface area contributed by atoms with Crippen LogP contribution in [-0.4, -0.2) is 27.4 Å². The van der Waals surface area contributed by atoms with Crippen molar-refractivity contribution in [3.63, 3.8) is 0 Å². The molecule has 2 aromatic rings. The number of benzene rings is 2. The maximum Gasteiger partial charge on any atom is 0.139 e. The quantitative estimate of drug-likeness (QED) is 0.879. The molecule has 6 heteroatoms. The molecule has 0 saturated heterocycles. The van der Waals surface area contributed by atoms with Gasteiger partial charge in [-0.25, -0.2) is 5.06 Å². The van der Waals surface area contributed by atoms with Gasteiger partial charge < -0.3 is 5.11 Å². The maximum atomic E-state index is 10.5. The van der Waals surface area contributed by atoms with Crippen LogP contribution in [0.25, 0.3) is 0 Å². The summed E-state index contributed by atoms with van der Waals surface area (Å²) in [4.78, 5) is 0. The molecule has 3 rings (SSSR count). The van der Waals surface area contributed by atoms with Gasteiger partial charge in [0.25, 0.3) is 0 Å². The van der Waals surface area contributed by atoms with E-state index >= 15 is 0 Å². The summed E-state index contributed by atoms with van der Waals surface area (Å²) >= 11 is 5.93. The average Bonchev–Trinajstić information content (AvgIpc) is 2.53. The summed E-state index contributed by atoms with van der Waals surface area (Å²) in [5.41, 5.74) is 3.50. The van der Waals surface area contributed by atoms with Gasteiger partial charge in [-0.2, -0.15) is 5.10 Å². The van der Waals surface area contributed by atoms with Crippen molar-refractivity contribution in [2.45, 2.75) is 19.9 Å². The second kappa shape index (κ2) is 6.02. The average molecular weight is 330 g/mol. The Bertz CT molecular complexity index is 800. The van der Waals surface area contributed by atoms with Crippen molar-refractivity contribution in [2.75, 3.05) is 0 Å². The molecule has 0 fully saturated rings. The zero-order valence-electron chi connectivity index (χ0n) is 12.7. The van der Waals surface area contributed by atoms with Gasteiger partial charge in [0.05, 0.1) is 0 Å². The van der Waals surface area contributed by atoms with Gasteiger partial charge in [0.15, 0.2) is 0 Å². The Morgan fingerprint density at radius 2 is 1.70 bits per heavy atom. The zero-order chi connectivity index (χ0) is 16.6. The molecule has 2 aromatic carbocycles. The molecule has 23 heavy (non-hydrogen) atoms. The number of hydroxylamine groups is 2. The fourth-order valence-corrected chi connectivity index (χ4v) is 2.78. The lowest BCUT2D eigenvalue weighted by Gasteiger charge is -2.29. The first-order valence-corrected chi connectivity index (χ1v) is 7.50. The van der Waals surface area contributed by atoms with Crippen LogP contribution in [0.15, 0.2) is 46.6 Å². The molecule has 0 aliphatic carbocycles. The highest BCUT2D eigenvalue weighted by molar-refractivity contribution is 6.30. The molecular formula is C17H16ClN3O2. The third-order valence-electron chi connectivity index (χ3n) is 3.91. The molecule has 2 N–H and O–H groups in total. The molecule has 1 unspecified atom stereocenters. The second-order valence-corrected chi connectivity index (χ2v) is 5.90. The van der Waals surface area contributed by atoms with E-state index in [9.17, 15) is 10.3 Å². The SMILES string of the molecule is Cc1ccc(C)c(C2C(c3ccc(Cl)cc3)=NN=CN2O)c1O. The summed E-state index contributed by atoms with van der Waals surface area (Å²) in [5, 5.41) is 30.4. The molecular weight excluding hydrogens is 314 g/mol. The van der Waals surface area contributed by atoms with Crippen LogP contribution in [0.3, 0.4) is 0 Å². The van der Waals surface area contributed by atoms with Crippen LogP contribution in [0.2, 0.25) is 5.02 Å². The van der Waals surface area contributed by atoms with Crippen molar-refractivity contribution in [3.05, 3.63) is 63.7 Å². The molecule has 0 bridgehead atoms. The highest BCUT2D eigenvalue weighted by Crippen LogP contribution is 2.36. The van der Waals surface area contributed by atoms with Crippen molar-refractivity contribution < 1.29 is 10.3 Å². The van der Waals surface area contributed by atoms with Crippen molar-refractivity contribution in [3.8, 4) is 5.75 Å². The minimum atomic E-state index is -0.645. The van der Waals surface area contributed by atoms with E-state index in [-0.39, 0.29) is 5.75 Å². The summed E-state index contributed by atoms with van der Waals surface area (Å²) in [7, 11) is 0. The van der Waals surface area contributed by atoms with Crippen LogP contribution >= 0.6 is 11.6 Å². The van der Waals surface area contributed by atoms with Gasteiger partial charge in [-0.15, -0.1) is 5.10 Å². The molecule has 1 atom stereocenters.